The number of rotatable bonds is 3. The van der Waals surface area contributed by atoms with Gasteiger partial charge in [-0.15, -0.1) is 0 Å². The number of carbonyl (C=O) groups is 2. The van der Waals surface area contributed by atoms with Crippen LogP contribution < -0.4 is 0 Å². The Kier molecular flexibility index (Phi) is 4.60. The summed E-state index contributed by atoms with van der Waals surface area (Å²) in [5, 5.41) is 15.1. The molecular weight excluding hydrogens is 324 g/mol. The van der Waals surface area contributed by atoms with Crippen LogP contribution in [0.2, 0.25) is 0 Å². The highest BCUT2D eigenvalue weighted by molar-refractivity contribution is 5.97. The first-order valence-electron chi connectivity index (χ1n) is 8.12. The van der Waals surface area contributed by atoms with Crippen LogP contribution in [0, 0.1) is 17.0 Å². The zero-order valence-electron chi connectivity index (χ0n) is 13.8. The fourth-order valence-electron chi connectivity index (χ4n) is 2.88. The van der Waals surface area contributed by atoms with Gasteiger partial charge in [0.25, 0.3) is 17.5 Å². The number of hydrogen-bond acceptors (Lipinski definition) is 5. The van der Waals surface area contributed by atoms with Crippen molar-refractivity contribution in [1.82, 2.24) is 14.7 Å². The van der Waals surface area contributed by atoms with Crippen molar-refractivity contribution in [3.63, 3.8) is 0 Å². The third-order valence-corrected chi connectivity index (χ3v) is 4.31. The molecule has 0 radical (unpaired) electrons. The first-order valence-corrected chi connectivity index (χ1v) is 8.12. The smallest absolute Gasteiger partial charge is 0.278 e. The van der Waals surface area contributed by atoms with Gasteiger partial charge in [0.15, 0.2) is 5.69 Å². The number of piperidine rings is 1. The Morgan fingerprint density at radius 2 is 1.84 bits per heavy atom. The monoisotopic (exact) mass is 342 g/mol. The van der Waals surface area contributed by atoms with E-state index in [1.54, 1.807) is 11.8 Å². The summed E-state index contributed by atoms with van der Waals surface area (Å²) in [5.74, 6) is -0.707. The first kappa shape index (κ1) is 16.8. The standard InChI is InChI=1S/C17H18N4O4/c1-12-5-6-13(11-15(12)21(24)25)16(22)20-10-7-14(18-20)17(23)19-8-3-2-4-9-19/h5-7,10-11H,2-4,8-9H2,1H3. The number of carbonyl (C=O) groups excluding carboxylic acids is 2. The molecule has 0 bridgehead atoms. The van der Waals surface area contributed by atoms with E-state index in [1.165, 1.54) is 30.5 Å². The van der Waals surface area contributed by atoms with Gasteiger partial charge in [0.1, 0.15) is 0 Å². The first-order chi connectivity index (χ1) is 12.0. The second-order valence-electron chi connectivity index (χ2n) is 6.06. The molecule has 1 aromatic carbocycles. The number of amides is 1. The van der Waals surface area contributed by atoms with Crippen molar-refractivity contribution in [2.45, 2.75) is 26.2 Å². The van der Waals surface area contributed by atoms with E-state index in [0.717, 1.165) is 23.9 Å². The van der Waals surface area contributed by atoms with Crippen molar-refractivity contribution in [1.29, 1.82) is 0 Å². The lowest BCUT2D eigenvalue weighted by Crippen LogP contribution is -2.36. The molecule has 1 fully saturated rings. The minimum Gasteiger partial charge on any atom is -0.337 e. The number of aromatic nitrogens is 2. The molecule has 1 amide bonds. The van der Waals surface area contributed by atoms with Crippen LogP contribution in [-0.4, -0.2) is 44.5 Å². The predicted octanol–water partition coefficient (Wildman–Crippen LogP) is 2.41. The van der Waals surface area contributed by atoms with Crippen LogP contribution in [-0.2, 0) is 0 Å². The Labute approximate surface area is 144 Å². The molecule has 0 atom stereocenters. The molecule has 0 aliphatic carbocycles. The summed E-state index contributed by atoms with van der Waals surface area (Å²) < 4.78 is 1.05. The number of nitro groups is 1. The quantitative estimate of drug-likeness (QED) is 0.630. The molecule has 1 saturated heterocycles. The van der Waals surface area contributed by atoms with Crippen LogP contribution in [0.3, 0.4) is 0 Å². The Hall–Kier alpha value is -3.03. The van der Waals surface area contributed by atoms with Crippen molar-refractivity contribution >= 4 is 17.5 Å². The van der Waals surface area contributed by atoms with Gasteiger partial charge in [-0.05, 0) is 38.3 Å². The second-order valence-corrected chi connectivity index (χ2v) is 6.06. The third-order valence-electron chi connectivity index (χ3n) is 4.31. The Morgan fingerprint density at radius 1 is 1.12 bits per heavy atom. The van der Waals surface area contributed by atoms with E-state index >= 15 is 0 Å². The summed E-state index contributed by atoms with van der Waals surface area (Å²) in [6.07, 6.45) is 4.46. The van der Waals surface area contributed by atoms with E-state index in [0.29, 0.717) is 18.7 Å². The molecule has 0 saturated carbocycles. The maximum absolute atomic E-state index is 12.5. The lowest BCUT2D eigenvalue weighted by atomic mass is 10.1. The molecule has 8 heteroatoms. The van der Waals surface area contributed by atoms with Gasteiger partial charge in [-0.25, -0.2) is 4.68 Å². The minimum atomic E-state index is -0.527. The van der Waals surface area contributed by atoms with Crippen LogP contribution >= 0.6 is 0 Å². The summed E-state index contributed by atoms with van der Waals surface area (Å²) in [6.45, 7) is 3.00. The molecule has 130 valence electrons. The molecule has 0 N–H and O–H groups in total. The summed E-state index contributed by atoms with van der Waals surface area (Å²) in [5.41, 5.74) is 0.708. The van der Waals surface area contributed by atoms with E-state index in [9.17, 15) is 19.7 Å². The summed E-state index contributed by atoms with van der Waals surface area (Å²) in [7, 11) is 0. The molecule has 0 unspecified atom stereocenters. The average molecular weight is 342 g/mol. The maximum atomic E-state index is 12.5. The average Bonchev–Trinajstić information content (AvgIpc) is 3.11. The summed E-state index contributed by atoms with van der Waals surface area (Å²) in [4.78, 5) is 37.1. The molecule has 2 heterocycles. The second kappa shape index (κ2) is 6.84. The fraction of sp³-hybridized carbons (Fsp3) is 0.353. The molecule has 0 spiro atoms. The van der Waals surface area contributed by atoms with Crippen LogP contribution in [0.1, 0.15) is 45.7 Å². The van der Waals surface area contributed by atoms with Crippen molar-refractivity contribution in [2.75, 3.05) is 13.1 Å². The Balaban J connectivity index is 1.82. The molecule has 3 rings (SSSR count). The Bertz CT molecular complexity index is 837. The maximum Gasteiger partial charge on any atom is 0.278 e. The van der Waals surface area contributed by atoms with Gasteiger partial charge < -0.3 is 4.90 Å². The van der Waals surface area contributed by atoms with E-state index in [2.05, 4.69) is 5.10 Å². The van der Waals surface area contributed by atoms with Gasteiger partial charge in [0.2, 0.25) is 0 Å². The number of hydrogen-bond donors (Lipinski definition) is 0. The Morgan fingerprint density at radius 3 is 2.52 bits per heavy atom. The van der Waals surface area contributed by atoms with Gasteiger partial charge in [0.05, 0.1) is 4.92 Å². The van der Waals surface area contributed by atoms with E-state index < -0.39 is 10.8 Å². The fourth-order valence-corrected chi connectivity index (χ4v) is 2.88. The van der Waals surface area contributed by atoms with E-state index in [1.807, 2.05) is 0 Å². The van der Waals surface area contributed by atoms with Gasteiger partial charge in [-0.1, -0.05) is 6.07 Å². The van der Waals surface area contributed by atoms with Gasteiger partial charge >= 0.3 is 0 Å². The number of aryl methyl sites for hydroxylation is 1. The summed E-state index contributed by atoms with van der Waals surface area (Å²) in [6, 6.07) is 5.76. The predicted molar refractivity (Wildman–Crippen MR) is 89.5 cm³/mol. The zero-order valence-corrected chi connectivity index (χ0v) is 13.8. The number of benzene rings is 1. The van der Waals surface area contributed by atoms with Crippen molar-refractivity contribution < 1.29 is 14.5 Å². The highest BCUT2D eigenvalue weighted by atomic mass is 16.6. The molecule has 8 nitrogen and oxygen atoms in total. The highest BCUT2D eigenvalue weighted by Crippen LogP contribution is 2.20. The van der Waals surface area contributed by atoms with E-state index in [-0.39, 0.29) is 22.9 Å². The number of nitro benzene ring substituents is 1. The lowest BCUT2D eigenvalue weighted by Gasteiger charge is -2.25. The lowest BCUT2D eigenvalue weighted by molar-refractivity contribution is -0.385. The van der Waals surface area contributed by atoms with Gasteiger partial charge in [-0.2, -0.15) is 5.10 Å². The van der Waals surface area contributed by atoms with Crippen molar-refractivity contribution in [3.8, 4) is 0 Å². The highest BCUT2D eigenvalue weighted by Gasteiger charge is 2.22. The minimum absolute atomic E-state index is 0.123. The van der Waals surface area contributed by atoms with Crippen LogP contribution in [0.25, 0.3) is 0 Å². The van der Waals surface area contributed by atoms with Crippen molar-refractivity contribution in [3.05, 3.63) is 57.4 Å². The van der Waals surface area contributed by atoms with Gasteiger partial charge in [0, 0.05) is 36.5 Å². The number of likely N-dealkylation sites (tertiary alicyclic amines) is 1. The molecule has 2 aromatic rings. The largest absolute Gasteiger partial charge is 0.337 e. The van der Waals surface area contributed by atoms with Gasteiger partial charge in [-0.3, -0.25) is 19.7 Å². The molecule has 1 aliphatic rings. The molecule has 1 aromatic heterocycles. The topological polar surface area (TPSA) is 98.3 Å². The molecule has 1 aliphatic heterocycles. The van der Waals surface area contributed by atoms with Crippen LogP contribution in [0.15, 0.2) is 30.5 Å². The van der Waals surface area contributed by atoms with Crippen molar-refractivity contribution in [2.24, 2.45) is 0 Å². The third kappa shape index (κ3) is 3.42. The summed E-state index contributed by atoms with van der Waals surface area (Å²) >= 11 is 0. The number of nitrogens with zero attached hydrogens (tertiary/aromatic N) is 4. The SMILES string of the molecule is Cc1ccc(C(=O)n2ccc(C(=O)N3CCCCC3)n2)cc1[N+](=O)[O-]. The molecular formula is C17H18N4O4. The van der Waals surface area contributed by atoms with Crippen LogP contribution in [0.5, 0.6) is 0 Å². The van der Waals surface area contributed by atoms with Crippen LogP contribution in [0.4, 0.5) is 5.69 Å². The zero-order chi connectivity index (χ0) is 18.0. The molecule has 25 heavy (non-hydrogen) atoms. The normalized spacial score (nSPS) is 14.4. The van der Waals surface area contributed by atoms with E-state index in [4.69, 9.17) is 0 Å².